The van der Waals surface area contributed by atoms with Crippen molar-refractivity contribution in [2.75, 3.05) is 19.8 Å². The summed E-state index contributed by atoms with van der Waals surface area (Å²) in [7, 11) is 0. The summed E-state index contributed by atoms with van der Waals surface area (Å²) < 4.78 is 5.44. The average molecular weight is 282 g/mol. The second-order valence-electron chi connectivity index (χ2n) is 6.00. The van der Waals surface area contributed by atoms with E-state index in [9.17, 15) is 14.7 Å². The Kier molecular flexibility index (Phi) is 3.58. The number of urea groups is 1. The molecular weight excluding hydrogens is 260 g/mol. The number of carboxylic acids is 1. The number of rotatable bonds is 2. The lowest BCUT2D eigenvalue weighted by atomic mass is 9.89. The van der Waals surface area contributed by atoms with E-state index in [1.54, 1.807) is 0 Å². The number of fused-ring (bicyclic) bond motifs is 2. The van der Waals surface area contributed by atoms with Gasteiger partial charge in [-0.15, -0.1) is 0 Å². The molecule has 6 nitrogen and oxygen atoms in total. The number of hydrogen-bond acceptors (Lipinski definition) is 3. The van der Waals surface area contributed by atoms with Crippen LogP contribution in [0.2, 0.25) is 0 Å². The molecule has 0 radical (unpaired) electrons. The van der Waals surface area contributed by atoms with Crippen LogP contribution in [-0.2, 0) is 9.53 Å². The van der Waals surface area contributed by atoms with Gasteiger partial charge >= 0.3 is 12.0 Å². The van der Waals surface area contributed by atoms with Crippen LogP contribution in [0.5, 0.6) is 0 Å². The molecule has 0 aromatic heterocycles. The molecule has 3 aliphatic rings. The van der Waals surface area contributed by atoms with Gasteiger partial charge in [-0.3, -0.25) is 4.79 Å². The van der Waals surface area contributed by atoms with Gasteiger partial charge in [0.15, 0.2) is 0 Å². The van der Waals surface area contributed by atoms with E-state index in [1.165, 1.54) is 0 Å². The van der Waals surface area contributed by atoms with Crippen LogP contribution in [0.1, 0.15) is 32.6 Å². The van der Waals surface area contributed by atoms with Crippen LogP contribution in [0, 0.1) is 5.92 Å². The van der Waals surface area contributed by atoms with Gasteiger partial charge in [-0.05, 0) is 25.7 Å². The van der Waals surface area contributed by atoms with Crippen molar-refractivity contribution in [3.63, 3.8) is 0 Å². The largest absolute Gasteiger partial charge is 0.481 e. The van der Waals surface area contributed by atoms with Crippen LogP contribution in [0.25, 0.3) is 0 Å². The SMILES string of the molecule is CCC1COCCN1C(=O)N1C2CCC1C(C(=O)O)C2. The maximum atomic E-state index is 12.8. The summed E-state index contributed by atoms with van der Waals surface area (Å²) in [6, 6.07) is 0.162. The highest BCUT2D eigenvalue weighted by Gasteiger charge is 2.52. The van der Waals surface area contributed by atoms with E-state index in [-0.39, 0.29) is 30.1 Å². The topological polar surface area (TPSA) is 70.1 Å². The molecule has 3 fully saturated rings. The summed E-state index contributed by atoms with van der Waals surface area (Å²) in [5, 5.41) is 9.27. The van der Waals surface area contributed by atoms with Crippen molar-refractivity contribution in [3.05, 3.63) is 0 Å². The predicted molar refractivity (Wildman–Crippen MR) is 71.4 cm³/mol. The lowest BCUT2D eigenvalue weighted by Crippen LogP contribution is -2.55. The Morgan fingerprint density at radius 2 is 2.15 bits per heavy atom. The number of hydrogen-bond donors (Lipinski definition) is 1. The molecule has 112 valence electrons. The summed E-state index contributed by atoms with van der Waals surface area (Å²) in [6.07, 6.45) is 3.26. The first-order chi connectivity index (χ1) is 9.63. The number of aliphatic carboxylic acids is 1. The van der Waals surface area contributed by atoms with E-state index in [0.717, 1.165) is 19.3 Å². The minimum atomic E-state index is -0.760. The summed E-state index contributed by atoms with van der Waals surface area (Å²) in [4.78, 5) is 27.8. The molecule has 1 N–H and O–H groups in total. The molecule has 3 rings (SSSR count). The number of carbonyl (C=O) groups is 2. The molecule has 6 heteroatoms. The zero-order valence-corrected chi connectivity index (χ0v) is 11.8. The number of nitrogens with zero attached hydrogens (tertiary/aromatic N) is 2. The van der Waals surface area contributed by atoms with Crippen molar-refractivity contribution in [3.8, 4) is 0 Å². The summed E-state index contributed by atoms with van der Waals surface area (Å²) in [5.41, 5.74) is 0. The Labute approximate surface area is 118 Å². The fraction of sp³-hybridized carbons (Fsp3) is 0.857. The van der Waals surface area contributed by atoms with E-state index in [0.29, 0.717) is 26.2 Å². The van der Waals surface area contributed by atoms with Gasteiger partial charge < -0.3 is 19.6 Å². The first-order valence-corrected chi connectivity index (χ1v) is 7.53. The van der Waals surface area contributed by atoms with Gasteiger partial charge in [0.1, 0.15) is 0 Å². The van der Waals surface area contributed by atoms with Crippen LogP contribution in [0.3, 0.4) is 0 Å². The minimum Gasteiger partial charge on any atom is -0.481 e. The van der Waals surface area contributed by atoms with Gasteiger partial charge in [0.2, 0.25) is 0 Å². The van der Waals surface area contributed by atoms with Crippen LogP contribution in [0.4, 0.5) is 4.79 Å². The van der Waals surface area contributed by atoms with Gasteiger partial charge in [0.25, 0.3) is 0 Å². The summed E-state index contributed by atoms with van der Waals surface area (Å²) >= 11 is 0. The van der Waals surface area contributed by atoms with E-state index in [1.807, 2.05) is 9.80 Å². The normalized spacial score (nSPS) is 36.5. The van der Waals surface area contributed by atoms with Crippen LogP contribution in [0.15, 0.2) is 0 Å². The molecule has 3 saturated heterocycles. The van der Waals surface area contributed by atoms with Gasteiger partial charge in [-0.1, -0.05) is 6.92 Å². The zero-order chi connectivity index (χ0) is 14.3. The molecule has 0 saturated carbocycles. The first kappa shape index (κ1) is 13.7. The van der Waals surface area contributed by atoms with E-state index in [2.05, 4.69) is 6.92 Å². The summed E-state index contributed by atoms with van der Waals surface area (Å²) in [5.74, 6) is -1.14. The van der Waals surface area contributed by atoms with Gasteiger partial charge in [0, 0.05) is 18.6 Å². The quantitative estimate of drug-likeness (QED) is 0.825. The molecule has 0 aromatic rings. The Bertz CT molecular complexity index is 414. The van der Waals surface area contributed by atoms with E-state index < -0.39 is 5.97 Å². The third-order valence-electron chi connectivity index (χ3n) is 5.02. The molecule has 0 aromatic carbocycles. The van der Waals surface area contributed by atoms with Crippen molar-refractivity contribution in [2.45, 2.75) is 50.7 Å². The second kappa shape index (κ2) is 5.24. The highest BCUT2D eigenvalue weighted by molar-refractivity contribution is 5.79. The molecule has 4 unspecified atom stereocenters. The Balaban J connectivity index is 1.76. The molecular formula is C14H22N2O4. The standard InChI is InChI=1S/C14H22N2O4/c1-2-9-8-20-6-5-15(9)14(19)16-10-3-4-12(16)11(7-10)13(17)18/h9-12H,2-8H2,1H3,(H,17,18). The lowest BCUT2D eigenvalue weighted by Gasteiger charge is -2.39. The lowest BCUT2D eigenvalue weighted by molar-refractivity contribution is -0.142. The van der Waals surface area contributed by atoms with Gasteiger partial charge in [-0.25, -0.2) is 4.79 Å². The maximum absolute atomic E-state index is 12.8. The van der Waals surface area contributed by atoms with Crippen molar-refractivity contribution >= 4 is 12.0 Å². The van der Waals surface area contributed by atoms with Gasteiger partial charge in [0.05, 0.1) is 25.2 Å². The second-order valence-corrected chi connectivity index (χ2v) is 6.00. The fourth-order valence-electron chi connectivity index (χ4n) is 3.95. The number of carboxylic acid groups (broad SMARTS) is 1. The Morgan fingerprint density at radius 3 is 2.80 bits per heavy atom. The molecule has 0 aliphatic carbocycles. The monoisotopic (exact) mass is 282 g/mol. The van der Waals surface area contributed by atoms with Crippen LogP contribution >= 0.6 is 0 Å². The average Bonchev–Trinajstić information content (AvgIpc) is 3.04. The highest BCUT2D eigenvalue weighted by atomic mass is 16.5. The van der Waals surface area contributed by atoms with Crippen LogP contribution < -0.4 is 0 Å². The van der Waals surface area contributed by atoms with Crippen molar-refractivity contribution in [2.24, 2.45) is 5.92 Å². The van der Waals surface area contributed by atoms with Gasteiger partial charge in [-0.2, -0.15) is 0 Å². The van der Waals surface area contributed by atoms with Crippen molar-refractivity contribution in [1.82, 2.24) is 9.80 Å². The molecule has 0 spiro atoms. The molecule has 20 heavy (non-hydrogen) atoms. The molecule has 2 amide bonds. The zero-order valence-electron chi connectivity index (χ0n) is 11.8. The Hall–Kier alpha value is -1.30. The summed E-state index contributed by atoms with van der Waals surface area (Å²) in [6.45, 7) is 3.84. The van der Waals surface area contributed by atoms with E-state index in [4.69, 9.17) is 4.74 Å². The number of amides is 2. The molecule has 3 aliphatic heterocycles. The first-order valence-electron chi connectivity index (χ1n) is 7.53. The van der Waals surface area contributed by atoms with E-state index >= 15 is 0 Å². The molecule has 4 atom stereocenters. The van der Waals surface area contributed by atoms with Crippen LogP contribution in [-0.4, -0.2) is 64.8 Å². The smallest absolute Gasteiger partial charge is 0.320 e. The molecule has 3 heterocycles. The van der Waals surface area contributed by atoms with Crippen molar-refractivity contribution in [1.29, 1.82) is 0 Å². The number of ether oxygens (including phenoxy) is 1. The number of morpholine rings is 1. The third-order valence-corrected chi connectivity index (χ3v) is 5.02. The Morgan fingerprint density at radius 1 is 1.35 bits per heavy atom. The number of carbonyl (C=O) groups excluding carboxylic acids is 1. The molecule has 2 bridgehead atoms. The predicted octanol–water partition coefficient (Wildman–Crippen LogP) is 1.15. The fourth-order valence-corrected chi connectivity index (χ4v) is 3.95. The van der Waals surface area contributed by atoms with Crippen molar-refractivity contribution < 1.29 is 19.4 Å². The maximum Gasteiger partial charge on any atom is 0.320 e. The highest BCUT2D eigenvalue weighted by Crippen LogP contribution is 2.42. The minimum absolute atomic E-state index is 0.0244. The third kappa shape index (κ3) is 2.06.